The third kappa shape index (κ3) is 22.5. The second-order valence-electron chi connectivity index (χ2n) is 12.3. The maximum Gasteiger partial charge on any atom is 0.333 e. The van der Waals surface area contributed by atoms with Gasteiger partial charge in [-0.3, -0.25) is 0 Å². The van der Waals surface area contributed by atoms with E-state index in [1.165, 1.54) is 27.7 Å². The maximum absolute atomic E-state index is 11.8. The second-order valence-corrected chi connectivity index (χ2v) is 12.3. The summed E-state index contributed by atoms with van der Waals surface area (Å²) in [5.41, 5.74) is -1.21. The number of carbonyl (C=O) groups is 4. The van der Waals surface area contributed by atoms with E-state index in [1.54, 1.807) is 0 Å². The smallest absolute Gasteiger partial charge is 0.333 e. The first-order chi connectivity index (χ1) is 24.6. The number of rotatable bonds is 33. The lowest BCUT2D eigenvalue weighted by Gasteiger charge is -2.36. The molecule has 1 atom stereocenters. The van der Waals surface area contributed by atoms with Crippen LogP contribution in [0.2, 0.25) is 0 Å². The summed E-state index contributed by atoms with van der Waals surface area (Å²) >= 11 is 0. The van der Waals surface area contributed by atoms with Crippen molar-refractivity contribution in [1.82, 2.24) is 0 Å². The van der Waals surface area contributed by atoms with Gasteiger partial charge >= 0.3 is 23.9 Å². The molecule has 0 saturated carbocycles. The number of aliphatic hydroxyl groups is 2. The largest absolute Gasteiger partial charge is 0.460 e. The zero-order valence-electron chi connectivity index (χ0n) is 31.2. The molecule has 0 spiro atoms. The Morgan fingerprint density at radius 3 is 0.923 bits per heavy atom. The molecule has 0 aromatic carbocycles. The fraction of sp³-hybridized carbons (Fsp3) is 0.667. The van der Waals surface area contributed by atoms with Crippen LogP contribution in [-0.2, 0) is 66.5 Å². The minimum Gasteiger partial charge on any atom is -0.460 e. The minimum atomic E-state index is -1.11. The molecule has 0 saturated heterocycles. The van der Waals surface area contributed by atoms with Crippen molar-refractivity contribution in [2.45, 2.75) is 27.7 Å². The van der Waals surface area contributed by atoms with Crippen molar-refractivity contribution in [2.75, 3.05) is 119 Å². The standard InChI is InChI=1S/C36H58O16/c1-27(2)31(39)49-15-11-44-21-35(19-38,20-43-10-9-37)22-48-26-36(23-45-12-16-50-32(40)28(3)4,24-46-13-17-51-33(41)29(5)6)25-47-14-18-52-34(42)30(7)8/h37-38H,1,3,5,7,9-26H2,2,4,6,8H3. The quantitative estimate of drug-likeness (QED) is 0.0423. The molecule has 2 N–H and O–H groups in total. The molecule has 0 rings (SSSR count). The highest BCUT2D eigenvalue weighted by molar-refractivity contribution is 5.88. The van der Waals surface area contributed by atoms with Crippen LogP contribution in [0.25, 0.3) is 0 Å². The van der Waals surface area contributed by atoms with Gasteiger partial charge in [-0.15, -0.1) is 0 Å². The highest BCUT2D eigenvalue weighted by atomic mass is 16.6. The molecule has 0 radical (unpaired) electrons. The average Bonchev–Trinajstić information content (AvgIpc) is 3.10. The number of carbonyl (C=O) groups excluding carboxylic acids is 4. The lowest BCUT2D eigenvalue weighted by atomic mass is 9.90. The number of ether oxygens (including phenoxy) is 10. The molecule has 0 heterocycles. The Hall–Kier alpha value is -3.48. The van der Waals surface area contributed by atoms with Crippen LogP contribution in [0.4, 0.5) is 0 Å². The van der Waals surface area contributed by atoms with Crippen molar-refractivity contribution in [3.8, 4) is 0 Å². The van der Waals surface area contributed by atoms with Gasteiger partial charge in [0.05, 0.1) is 103 Å². The van der Waals surface area contributed by atoms with Crippen LogP contribution in [0.15, 0.2) is 48.6 Å². The van der Waals surface area contributed by atoms with Crippen LogP contribution >= 0.6 is 0 Å². The number of esters is 4. The van der Waals surface area contributed by atoms with Crippen molar-refractivity contribution in [3.63, 3.8) is 0 Å². The predicted octanol–water partition coefficient (Wildman–Crippen LogP) is 1.52. The summed E-state index contributed by atoms with van der Waals surface area (Å²) in [5.74, 6) is -2.28. The van der Waals surface area contributed by atoms with E-state index in [-0.39, 0.29) is 135 Å². The van der Waals surface area contributed by atoms with E-state index in [1.807, 2.05) is 0 Å². The molecule has 0 aliphatic heterocycles. The number of hydrogen-bond donors (Lipinski definition) is 2. The zero-order chi connectivity index (χ0) is 39.4. The van der Waals surface area contributed by atoms with Crippen LogP contribution < -0.4 is 0 Å². The van der Waals surface area contributed by atoms with Crippen molar-refractivity contribution in [2.24, 2.45) is 10.8 Å². The molecule has 0 aromatic rings. The summed E-state index contributed by atoms with van der Waals surface area (Å²) < 4.78 is 55.5. The molecule has 0 aromatic heterocycles. The SMILES string of the molecule is C=C(C)C(=O)OCCOCC(CO)(COCCO)COCC(COCCOC(=O)C(=C)C)(COCCOC(=O)C(=C)C)COCCOC(=O)C(=C)C. The summed E-state index contributed by atoms with van der Waals surface area (Å²) in [6, 6.07) is 0. The van der Waals surface area contributed by atoms with Crippen molar-refractivity contribution >= 4 is 23.9 Å². The van der Waals surface area contributed by atoms with Crippen LogP contribution in [-0.4, -0.2) is 153 Å². The zero-order valence-corrected chi connectivity index (χ0v) is 31.2. The minimum absolute atomic E-state index is 0.000706. The molecular weight excluding hydrogens is 688 g/mol. The first kappa shape index (κ1) is 48.5. The van der Waals surface area contributed by atoms with E-state index in [4.69, 9.17) is 47.4 Å². The Bertz CT molecular complexity index is 1060. The summed E-state index contributed by atoms with van der Waals surface area (Å²) in [5, 5.41) is 19.7. The van der Waals surface area contributed by atoms with Crippen LogP contribution in [0.1, 0.15) is 27.7 Å². The normalized spacial score (nSPS) is 12.3. The van der Waals surface area contributed by atoms with Gasteiger partial charge in [0.25, 0.3) is 0 Å². The predicted molar refractivity (Wildman–Crippen MR) is 187 cm³/mol. The molecular formula is C36H58O16. The van der Waals surface area contributed by atoms with Crippen molar-refractivity contribution in [3.05, 3.63) is 48.6 Å². The third-order valence-electron chi connectivity index (χ3n) is 6.67. The van der Waals surface area contributed by atoms with Gasteiger partial charge in [-0.1, -0.05) is 26.3 Å². The molecule has 0 aliphatic rings. The molecule has 0 bridgehead atoms. The fourth-order valence-electron chi connectivity index (χ4n) is 3.77. The second kappa shape index (κ2) is 28.1. The highest BCUT2D eigenvalue weighted by Crippen LogP contribution is 2.25. The van der Waals surface area contributed by atoms with E-state index >= 15 is 0 Å². The molecule has 1 unspecified atom stereocenters. The van der Waals surface area contributed by atoms with Gasteiger partial charge in [-0.25, -0.2) is 19.2 Å². The van der Waals surface area contributed by atoms with E-state index in [0.717, 1.165) is 0 Å². The Kier molecular flexibility index (Phi) is 26.2. The average molecular weight is 747 g/mol. The summed E-state index contributed by atoms with van der Waals surface area (Å²) in [6.07, 6.45) is 0. The first-order valence-electron chi connectivity index (χ1n) is 16.6. The van der Waals surface area contributed by atoms with E-state index in [9.17, 15) is 29.4 Å². The van der Waals surface area contributed by atoms with Gasteiger partial charge in [-0.05, 0) is 27.7 Å². The van der Waals surface area contributed by atoms with Crippen LogP contribution in [0.3, 0.4) is 0 Å². The van der Waals surface area contributed by atoms with Crippen molar-refractivity contribution < 1.29 is 76.8 Å². The number of hydrogen-bond acceptors (Lipinski definition) is 16. The monoisotopic (exact) mass is 746 g/mol. The van der Waals surface area contributed by atoms with Crippen molar-refractivity contribution in [1.29, 1.82) is 0 Å². The molecule has 16 nitrogen and oxygen atoms in total. The maximum atomic E-state index is 11.8. The fourth-order valence-corrected chi connectivity index (χ4v) is 3.77. The van der Waals surface area contributed by atoms with Gasteiger partial charge < -0.3 is 57.6 Å². The Balaban J connectivity index is 5.94. The molecule has 0 amide bonds. The van der Waals surface area contributed by atoms with E-state index in [0.29, 0.717) is 0 Å². The summed E-state index contributed by atoms with van der Waals surface area (Å²) in [4.78, 5) is 47.1. The lowest BCUT2D eigenvalue weighted by Crippen LogP contribution is -2.46. The highest BCUT2D eigenvalue weighted by Gasteiger charge is 2.36. The summed E-state index contributed by atoms with van der Waals surface area (Å²) in [6.45, 7) is 19.0. The van der Waals surface area contributed by atoms with Crippen LogP contribution in [0.5, 0.6) is 0 Å². The topological polar surface area (TPSA) is 201 Å². The van der Waals surface area contributed by atoms with Gasteiger partial charge in [-0.2, -0.15) is 0 Å². The van der Waals surface area contributed by atoms with Gasteiger partial charge in [0.2, 0.25) is 0 Å². The molecule has 0 fully saturated rings. The Morgan fingerprint density at radius 1 is 0.404 bits per heavy atom. The van der Waals surface area contributed by atoms with Crippen LogP contribution in [0, 0.1) is 10.8 Å². The van der Waals surface area contributed by atoms with Gasteiger partial charge in [0, 0.05) is 22.3 Å². The Morgan fingerprint density at radius 2 is 0.654 bits per heavy atom. The third-order valence-corrected chi connectivity index (χ3v) is 6.67. The Labute approximate surface area is 306 Å². The van der Waals surface area contributed by atoms with Gasteiger partial charge in [0.1, 0.15) is 26.4 Å². The number of aliphatic hydroxyl groups excluding tert-OH is 2. The summed E-state index contributed by atoms with van der Waals surface area (Å²) in [7, 11) is 0. The first-order valence-corrected chi connectivity index (χ1v) is 16.6. The van der Waals surface area contributed by atoms with Gasteiger partial charge in [0.15, 0.2) is 0 Å². The molecule has 0 aliphatic carbocycles. The lowest BCUT2D eigenvalue weighted by molar-refractivity contribution is -0.153. The molecule has 16 heteroatoms. The molecule has 298 valence electrons. The molecule has 52 heavy (non-hydrogen) atoms. The van der Waals surface area contributed by atoms with E-state index < -0.39 is 41.3 Å². The van der Waals surface area contributed by atoms with E-state index in [2.05, 4.69) is 26.3 Å².